The van der Waals surface area contributed by atoms with Gasteiger partial charge in [-0.05, 0) is 6.42 Å². The number of ether oxygens (including phenoxy) is 1. The highest BCUT2D eigenvalue weighted by Gasteiger charge is 2.17. The lowest BCUT2D eigenvalue weighted by molar-refractivity contribution is -0.108. The van der Waals surface area contributed by atoms with E-state index in [1.165, 1.54) is 0 Å². The van der Waals surface area contributed by atoms with Gasteiger partial charge in [-0.2, -0.15) is 0 Å². The molecule has 0 radical (unpaired) electrons. The summed E-state index contributed by atoms with van der Waals surface area (Å²) in [6.07, 6.45) is 6.18. The average Bonchev–Trinajstić information content (AvgIpc) is 2.73. The molecule has 1 unspecified atom stereocenters. The van der Waals surface area contributed by atoms with Gasteiger partial charge in [0.2, 0.25) is 0 Å². The fourth-order valence-corrected chi connectivity index (χ4v) is 0.830. The molecule has 0 N–H and O–H groups in total. The molecule has 1 atom stereocenters. The maximum atomic E-state index is 9.97. The molecular weight excluding hydrogens is 130 g/mol. The van der Waals surface area contributed by atoms with Crippen molar-refractivity contribution in [2.75, 3.05) is 7.11 Å². The third-order valence-electron chi connectivity index (χ3n) is 1.46. The Morgan fingerprint density at radius 2 is 2.40 bits per heavy atom. The Bertz CT molecular complexity index is 139. The molecule has 3 nitrogen and oxygen atoms in total. The minimum absolute atomic E-state index is 0.0743. The molecule has 10 heavy (non-hydrogen) atoms. The van der Waals surface area contributed by atoms with Crippen LogP contribution in [0.25, 0.3) is 0 Å². The van der Waals surface area contributed by atoms with Crippen LogP contribution in [0.5, 0.6) is 0 Å². The molecule has 1 rings (SSSR count). The highest BCUT2D eigenvalue weighted by atomic mass is 16.5. The highest BCUT2D eigenvalue weighted by molar-refractivity contribution is 5.49. The van der Waals surface area contributed by atoms with Gasteiger partial charge in [-0.15, -0.1) is 0 Å². The van der Waals surface area contributed by atoms with Crippen LogP contribution in [0.1, 0.15) is 12.8 Å². The van der Waals surface area contributed by atoms with E-state index in [2.05, 4.69) is 0 Å². The van der Waals surface area contributed by atoms with Crippen LogP contribution < -0.4 is 0 Å². The topological polar surface area (TPSA) is 29.3 Å². The second-order valence-corrected chi connectivity index (χ2v) is 2.18. The van der Waals surface area contributed by atoms with Crippen LogP contribution in [-0.4, -0.2) is 24.5 Å². The third-order valence-corrected chi connectivity index (χ3v) is 1.46. The first kappa shape index (κ1) is 7.28. The van der Waals surface area contributed by atoms with Crippen LogP contribution in [0.15, 0.2) is 12.4 Å². The minimum Gasteiger partial charge on any atom is -0.361 e. The zero-order valence-electron chi connectivity index (χ0n) is 5.99. The molecule has 56 valence electrons. The van der Waals surface area contributed by atoms with Crippen molar-refractivity contribution in [1.82, 2.24) is 4.90 Å². The molecule has 0 aromatic rings. The summed E-state index contributed by atoms with van der Waals surface area (Å²) in [4.78, 5) is 11.9. The van der Waals surface area contributed by atoms with Gasteiger partial charge in [-0.25, -0.2) is 0 Å². The van der Waals surface area contributed by atoms with Gasteiger partial charge in [0, 0.05) is 25.9 Å². The molecule has 0 fully saturated rings. The summed E-state index contributed by atoms with van der Waals surface area (Å²) in [5.74, 6) is 0. The molecule has 0 aromatic carbocycles. The summed E-state index contributed by atoms with van der Waals surface area (Å²) >= 11 is 0. The largest absolute Gasteiger partial charge is 0.361 e. The number of carbonyl (C=O) groups excluding carboxylic acids is 1. The monoisotopic (exact) mass is 141 g/mol. The van der Waals surface area contributed by atoms with Gasteiger partial charge in [0.15, 0.2) is 0 Å². The van der Waals surface area contributed by atoms with Crippen molar-refractivity contribution in [3.63, 3.8) is 0 Å². The molecule has 0 saturated carbocycles. The van der Waals surface area contributed by atoms with Crippen LogP contribution >= 0.6 is 0 Å². The molecule has 0 spiro atoms. The Kier molecular flexibility index (Phi) is 2.45. The Hall–Kier alpha value is -0.830. The number of rotatable bonds is 5. The van der Waals surface area contributed by atoms with Gasteiger partial charge in [-0.3, -0.25) is 0 Å². The van der Waals surface area contributed by atoms with E-state index in [9.17, 15) is 4.79 Å². The van der Waals surface area contributed by atoms with Crippen molar-refractivity contribution in [3.8, 4) is 0 Å². The first-order chi connectivity index (χ1) is 4.88. The fourth-order valence-electron chi connectivity index (χ4n) is 0.830. The van der Waals surface area contributed by atoms with E-state index < -0.39 is 0 Å². The van der Waals surface area contributed by atoms with Crippen LogP contribution in [0.3, 0.4) is 0 Å². The second-order valence-electron chi connectivity index (χ2n) is 2.18. The number of hydrogen-bond donors (Lipinski definition) is 0. The normalized spacial score (nSPS) is 17.1. The van der Waals surface area contributed by atoms with Gasteiger partial charge in [-0.1, -0.05) is 0 Å². The lowest BCUT2D eigenvalue weighted by Gasteiger charge is -2.15. The van der Waals surface area contributed by atoms with E-state index in [4.69, 9.17) is 4.74 Å². The zero-order chi connectivity index (χ0) is 7.40. The smallest absolute Gasteiger partial charge is 0.133 e. The second kappa shape index (κ2) is 3.37. The maximum Gasteiger partial charge on any atom is 0.133 e. The number of aldehydes is 1. The van der Waals surface area contributed by atoms with E-state index in [1.54, 1.807) is 7.11 Å². The maximum absolute atomic E-state index is 9.97. The van der Waals surface area contributed by atoms with E-state index >= 15 is 0 Å². The Labute approximate surface area is 60.3 Å². The van der Waals surface area contributed by atoms with Crippen LogP contribution in [-0.2, 0) is 9.53 Å². The molecule has 1 heterocycles. The zero-order valence-corrected chi connectivity index (χ0v) is 5.99. The Morgan fingerprint density at radius 3 is 2.80 bits per heavy atom. The van der Waals surface area contributed by atoms with Crippen molar-refractivity contribution in [2.45, 2.75) is 19.1 Å². The summed E-state index contributed by atoms with van der Waals surface area (Å²) in [7, 11) is 1.65. The van der Waals surface area contributed by atoms with Gasteiger partial charge in [0.05, 0.1) is 0 Å². The van der Waals surface area contributed by atoms with Gasteiger partial charge >= 0.3 is 0 Å². The summed E-state index contributed by atoms with van der Waals surface area (Å²) < 4.78 is 5.08. The number of methoxy groups -OCH3 is 1. The van der Waals surface area contributed by atoms with Crippen molar-refractivity contribution < 1.29 is 9.53 Å². The van der Waals surface area contributed by atoms with Crippen LogP contribution in [0.4, 0.5) is 0 Å². The quantitative estimate of drug-likeness (QED) is 0.528. The molecule has 0 aliphatic carbocycles. The molecule has 0 bridgehead atoms. The van der Waals surface area contributed by atoms with Crippen molar-refractivity contribution >= 4 is 6.29 Å². The lowest BCUT2D eigenvalue weighted by atomic mass is 10.3. The summed E-state index contributed by atoms with van der Waals surface area (Å²) in [5, 5.41) is 0. The highest BCUT2D eigenvalue weighted by Crippen LogP contribution is 2.16. The predicted octanol–water partition coefficient (Wildman–Crippen LogP) is 0.725. The standard InChI is InChI=1S/C7H11NO2/c1-10-7(3-2-6-9)8-4-5-8/h4-7H,2-3H2,1H3. The van der Waals surface area contributed by atoms with E-state index in [0.717, 1.165) is 12.7 Å². The molecule has 1 aliphatic rings. The van der Waals surface area contributed by atoms with Gasteiger partial charge < -0.3 is 14.4 Å². The summed E-state index contributed by atoms with van der Waals surface area (Å²) in [5.41, 5.74) is 0. The predicted molar refractivity (Wildman–Crippen MR) is 37.1 cm³/mol. The third kappa shape index (κ3) is 1.84. The fraction of sp³-hybridized carbons (Fsp3) is 0.571. The van der Waals surface area contributed by atoms with Crippen molar-refractivity contribution in [3.05, 3.63) is 12.4 Å². The number of nitrogens with zero attached hydrogens (tertiary/aromatic N) is 1. The van der Waals surface area contributed by atoms with Crippen molar-refractivity contribution in [1.29, 1.82) is 0 Å². The minimum atomic E-state index is 0.0743. The molecule has 0 saturated heterocycles. The Balaban J connectivity index is 2.13. The SMILES string of the molecule is COC(CCC=O)N1C=C1. The molecular formula is C7H11NO2. The van der Waals surface area contributed by atoms with Gasteiger partial charge in [0.25, 0.3) is 0 Å². The number of carbonyl (C=O) groups is 1. The molecule has 0 aromatic heterocycles. The van der Waals surface area contributed by atoms with Crippen LogP contribution in [0.2, 0.25) is 0 Å². The molecule has 3 heteroatoms. The first-order valence-corrected chi connectivity index (χ1v) is 3.30. The van der Waals surface area contributed by atoms with Crippen molar-refractivity contribution in [2.24, 2.45) is 0 Å². The Morgan fingerprint density at radius 1 is 1.70 bits per heavy atom. The van der Waals surface area contributed by atoms with Crippen LogP contribution in [0, 0.1) is 0 Å². The molecule has 1 aliphatic heterocycles. The summed E-state index contributed by atoms with van der Waals surface area (Å²) in [6.45, 7) is 0. The van der Waals surface area contributed by atoms with E-state index in [0.29, 0.717) is 6.42 Å². The first-order valence-electron chi connectivity index (χ1n) is 3.30. The summed E-state index contributed by atoms with van der Waals surface area (Å²) in [6, 6.07) is 0. The average molecular weight is 141 g/mol. The van der Waals surface area contributed by atoms with E-state index in [-0.39, 0.29) is 6.23 Å². The van der Waals surface area contributed by atoms with Gasteiger partial charge in [0.1, 0.15) is 12.5 Å². The lowest BCUT2D eigenvalue weighted by Crippen LogP contribution is -2.20. The molecule has 0 amide bonds. The number of hydrogen-bond acceptors (Lipinski definition) is 3. The van der Waals surface area contributed by atoms with E-state index in [1.807, 2.05) is 17.3 Å².